The van der Waals surface area contributed by atoms with Gasteiger partial charge in [-0.3, -0.25) is 0 Å². The quantitative estimate of drug-likeness (QED) is 0.106. The Labute approximate surface area is 384 Å². The van der Waals surface area contributed by atoms with Crippen molar-refractivity contribution in [1.29, 1.82) is 0 Å². The monoisotopic (exact) mass is 835 g/mol. The highest BCUT2D eigenvalue weighted by molar-refractivity contribution is 6.28. The molecule has 0 unspecified atom stereocenters. The van der Waals surface area contributed by atoms with Crippen molar-refractivity contribution < 1.29 is 0 Å². The molecule has 0 nitrogen and oxygen atoms in total. The molecular formula is C64H66. The van der Waals surface area contributed by atoms with Gasteiger partial charge in [0.1, 0.15) is 0 Å². The molecule has 0 saturated heterocycles. The van der Waals surface area contributed by atoms with E-state index in [1.54, 1.807) is 0 Å². The van der Waals surface area contributed by atoms with Gasteiger partial charge >= 0.3 is 0 Å². The summed E-state index contributed by atoms with van der Waals surface area (Å²) in [5, 5.41) is 7.64. The molecule has 8 aromatic carbocycles. The molecule has 0 fully saturated rings. The van der Waals surface area contributed by atoms with Crippen molar-refractivity contribution in [1.82, 2.24) is 0 Å². The third-order valence-electron chi connectivity index (χ3n) is 13.0. The van der Waals surface area contributed by atoms with Crippen molar-refractivity contribution in [2.45, 2.75) is 105 Å². The first-order valence-corrected chi connectivity index (χ1v) is 23.2. The van der Waals surface area contributed by atoms with Gasteiger partial charge in [0.25, 0.3) is 0 Å². The molecular weight excluding hydrogens is 769 g/mol. The summed E-state index contributed by atoms with van der Waals surface area (Å²) < 4.78 is 0. The first-order valence-electron chi connectivity index (χ1n) is 23.2. The van der Waals surface area contributed by atoms with Gasteiger partial charge < -0.3 is 0 Å². The van der Waals surface area contributed by atoms with E-state index in [1.165, 1.54) is 99.1 Å². The van der Waals surface area contributed by atoms with Crippen LogP contribution < -0.4 is 0 Å². The van der Waals surface area contributed by atoms with Crippen LogP contribution in [-0.4, -0.2) is 0 Å². The fraction of sp³-hybridized carbons (Fsp3) is 0.250. The van der Waals surface area contributed by atoms with Gasteiger partial charge in [-0.25, -0.2) is 0 Å². The molecule has 0 saturated carbocycles. The average Bonchev–Trinajstić information content (AvgIpc) is 3.25. The third-order valence-corrected chi connectivity index (χ3v) is 13.0. The normalized spacial score (nSPS) is 13.4. The lowest BCUT2D eigenvalue weighted by atomic mass is 9.85. The Morgan fingerprint density at radius 2 is 0.422 bits per heavy atom. The molecule has 8 rings (SSSR count). The van der Waals surface area contributed by atoms with Gasteiger partial charge in [0.05, 0.1) is 0 Å². The predicted octanol–water partition coefficient (Wildman–Crippen LogP) is 18.5. The molecule has 0 spiro atoms. The number of hydrogen-bond donors (Lipinski definition) is 0. The summed E-state index contributed by atoms with van der Waals surface area (Å²) in [5.74, 6) is 0. The highest BCUT2D eigenvalue weighted by atomic mass is 14.2. The Morgan fingerprint density at radius 1 is 0.234 bits per heavy atom. The lowest BCUT2D eigenvalue weighted by Crippen LogP contribution is -2.10. The van der Waals surface area contributed by atoms with E-state index < -0.39 is 0 Å². The molecule has 64 heavy (non-hydrogen) atoms. The molecule has 0 amide bonds. The topological polar surface area (TPSA) is 0 Å². The van der Waals surface area contributed by atoms with Crippen molar-refractivity contribution in [3.63, 3.8) is 0 Å². The molecule has 0 aromatic heterocycles. The van der Waals surface area contributed by atoms with Crippen LogP contribution in [-0.2, 0) is 21.7 Å². The van der Waals surface area contributed by atoms with Gasteiger partial charge in [0.15, 0.2) is 0 Å². The summed E-state index contributed by atoms with van der Waals surface area (Å²) in [7, 11) is 0. The Balaban J connectivity index is 1.33. The molecule has 0 radical (unpaired) electrons. The summed E-state index contributed by atoms with van der Waals surface area (Å²) in [6.45, 7) is 27.3. The van der Waals surface area contributed by atoms with Crippen LogP contribution in [0.5, 0.6) is 0 Å². The van der Waals surface area contributed by atoms with E-state index in [1.807, 2.05) is 0 Å². The molecule has 0 heterocycles. The van der Waals surface area contributed by atoms with Crippen LogP contribution in [0.25, 0.3) is 80.9 Å². The largest absolute Gasteiger partial charge is 0.0579 e. The van der Waals surface area contributed by atoms with E-state index in [0.717, 1.165) is 0 Å². The van der Waals surface area contributed by atoms with Crippen LogP contribution in [0.3, 0.4) is 0 Å². The minimum atomic E-state index is 0.110. The maximum Gasteiger partial charge on any atom is -0.00143 e. The lowest BCUT2D eigenvalue weighted by molar-refractivity contribution is 0.590. The average molecular weight is 835 g/mol. The van der Waals surface area contributed by atoms with Gasteiger partial charge in [-0.05, 0) is 133 Å². The summed E-state index contributed by atoms with van der Waals surface area (Å²) in [5.41, 5.74) is 15.4. The van der Waals surface area contributed by atoms with Crippen LogP contribution in [0.4, 0.5) is 0 Å². The Bertz CT molecular complexity index is 2620. The zero-order valence-electron chi connectivity index (χ0n) is 40.3. The highest BCUT2D eigenvalue weighted by Crippen LogP contribution is 2.42. The second-order valence-electron chi connectivity index (χ2n) is 22.0. The molecule has 0 N–H and O–H groups in total. The second kappa shape index (κ2) is 17.0. The van der Waals surface area contributed by atoms with Gasteiger partial charge in [-0.1, -0.05) is 253 Å². The van der Waals surface area contributed by atoms with Crippen LogP contribution >= 0.6 is 0 Å². The fourth-order valence-corrected chi connectivity index (χ4v) is 8.78. The van der Waals surface area contributed by atoms with E-state index in [2.05, 4.69) is 265 Å². The second-order valence-corrected chi connectivity index (χ2v) is 22.0. The standard InChI is InChI=1S/C64H66/c1-61(2,3)51-29-17-43(18-30-51)13-25-47-41-48(26-14-44-19-31-52(32-20-44)62(4,5)6)56-39-40-58-50(28-16-46-23-35-54(36-24-46)64(10,11)12)42-49(57-38-37-55(47)59(56)60(57)58)27-15-45-21-33-53(34-22-45)63(7,8)9/h13-42H,1-12H3/b25-13+,26-14+,27-15+,28-16+. The zero-order valence-corrected chi connectivity index (χ0v) is 40.3. The van der Waals surface area contributed by atoms with Crippen LogP contribution in [0.1, 0.15) is 150 Å². The van der Waals surface area contributed by atoms with Crippen molar-refractivity contribution in [2.75, 3.05) is 0 Å². The molecule has 0 atom stereocenters. The molecule has 0 bridgehead atoms. The van der Waals surface area contributed by atoms with E-state index in [0.29, 0.717) is 0 Å². The maximum absolute atomic E-state index is 2.38. The number of hydrogen-bond acceptors (Lipinski definition) is 0. The van der Waals surface area contributed by atoms with Crippen LogP contribution in [0.2, 0.25) is 0 Å². The van der Waals surface area contributed by atoms with E-state index in [9.17, 15) is 0 Å². The summed E-state index contributed by atoms with van der Waals surface area (Å²) in [6.07, 6.45) is 18.4. The van der Waals surface area contributed by atoms with Crippen molar-refractivity contribution in [2.24, 2.45) is 0 Å². The Kier molecular flexibility index (Phi) is 11.8. The first kappa shape index (κ1) is 44.4. The zero-order chi connectivity index (χ0) is 45.6. The van der Waals surface area contributed by atoms with Crippen LogP contribution in [0, 0.1) is 0 Å². The minimum absolute atomic E-state index is 0.110. The third kappa shape index (κ3) is 9.63. The van der Waals surface area contributed by atoms with Crippen molar-refractivity contribution in [3.05, 3.63) is 200 Å². The predicted molar refractivity (Wildman–Crippen MR) is 286 cm³/mol. The SMILES string of the molecule is CC(C)(C)c1ccc(/C=C/c2cc(/C=C/c3ccc(C(C)(C)C)cc3)c3ccc4c(/C=C/c5ccc(C(C)(C)C)cc5)cc(/C=C/c5ccc(C(C)(C)C)cc5)c5ccc2c3c54)cc1. The number of benzene rings is 8. The first-order chi connectivity index (χ1) is 30.2. The van der Waals surface area contributed by atoms with Gasteiger partial charge in [-0.15, -0.1) is 0 Å². The van der Waals surface area contributed by atoms with E-state index in [4.69, 9.17) is 0 Å². The molecule has 0 heteroatoms. The number of rotatable bonds is 8. The maximum atomic E-state index is 2.38. The molecule has 0 aliphatic heterocycles. The summed E-state index contributed by atoms with van der Waals surface area (Å²) in [6, 6.07) is 50.3. The highest BCUT2D eigenvalue weighted by Gasteiger charge is 2.19. The molecule has 0 aliphatic rings. The van der Waals surface area contributed by atoms with Gasteiger partial charge in [0, 0.05) is 0 Å². The fourth-order valence-electron chi connectivity index (χ4n) is 8.78. The Morgan fingerprint density at radius 3 is 0.594 bits per heavy atom. The Hall–Kier alpha value is -6.24. The molecule has 0 aliphatic carbocycles. The summed E-state index contributed by atoms with van der Waals surface area (Å²) in [4.78, 5) is 0. The van der Waals surface area contributed by atoms with Crippen molar-refractivity contribution >= 4 is 80.9 Å². The van der Waals surface area contributed by atoms with Crippen molar-refractivity contribution in [3.8, 4) is 0 Å². The smallest absolute Gasteiger partial charge is 0.00143 e. The molecule has 8 aromatic rings. The summed E-state index contributed by atoms with van der Waals surface area (Å²) >= 11 is 0. The van der Waals surface area contributed by atoms with E-state index >= 15 is 0 Å². The van der Waals surface area contributed by atoms with E-state index in [-0.39, 0.29) is 21.7 Å². The minimum Gasteiger partial charge on any atom is -0.0579 e. The molecule has 322 valence electrons. The van der Waals surface area contributed by atoms with Crippen LogP contribution in [0.15, 0.2) is 133 Å². The van der Waals surface area contributed by atoms with Gasteiger partial charge in [0.2, 0.25) is 0 Å². The lowest BCUT2D eigenvalue weighted by Gasteiger charge is -2.19. The van der Waals surface area contributed by atoms with Gasteiger partial charge in [-0.2, -0.15) is 0 Å².